The van der Waals surface area contributed by atoms with E-state index in [1.54, 1.807) is 0 Å². The van der Waals surface area contributed by atoms with E-state index in [1.807, 2.05) is 30.3 Å². The third-order valence-corrected chi connectivity index (χ3v) is 7.33. The van der Waals surface area contributed by atoms with E-state index in [4.69, 9.17) is 0 Å². The fraction of sp³-hybridized carbons (Fsp3) is 0.708. The number of rotatable bonds is 8. The average molecular weight is 385 g/mol. The fourth-order valence-electron chi connectivity index (χ4n) is 5.58. The van der Waals surface area contributed by atoms with E-state index >= 15 is 0 Å². The number of nitrogens with one attached hydrogen (secondary N) is 1. The van der Waals surface area contributed by atoms with Gasteiger partial charge >= 0.3 is 0 Å². The quantitative estimate of drug-likeness (QED) is 0.721. The Balaban J connectivity index is 1.36. The van der Waals surface area contributed by atoms with Crippen LogP contribution in [0.15, 0.2) is 30.3 Å². The Bertz CT molecular complexity index is 658. The van der Waals surface area contributed by atoms with Crippen LogP contribution in [0.5, 0.6) is 0 Å². The van der Waals surface area contributed by atoms with Gasteiger partial charge in [0.05, 0.1) is 0 Å². The minimum Gasteiger partial charge on any atom is -0.375 e. The van der Waals surface area contributed by atoms with E-state index in [-0.39, 0.29) is 17.9 Å². The second-order valence-electron chi connectivity index (χ2n) is 9.74. The van der Waals surface area contributed by atoms with Gasteiger partial charge in [0, 0.05) is 25.0 Å². The maximum atomic E-state index is 13.3. The molecule has 3 unspecified atom stereocenters. The molecule has 1 aliphatic heterocycles. The average Bonchev–Trinajstić information content (AvgIpc) is 3.11. The second-order valence-corrected chi connectivity index (χ2v) is 9.74. The summed E-state index contributed by atoms with van der Waals surface area (Å²) in [4.78, 5) is 15.8. The Morgan fingerprint density at radius 2 is 1.82 bits per heavy atom. The van der Waals surface area contributed by atoms with Crippen LogP contribution in [-0.4, -0.2) is 41.6 Å². The van der Waals surface area contributed by atoms with Gasteiger partial charge in [-0.3, -0.25) is 4.79 Å². The number of benzene rings is 1. The minimum atomic E-state index is -1.38. The standard InChI is InChI=1S/C24H36N2O2/c1-17(2)9-8-14-26-15-20-21(16-26)22(20)25-23(27)24(28,19-12-6-7-13-19)18-10-4-3-5-11-18/h3-5,10-11,17,19-22,28H,6-9,12-16H2,1-2H3,(H,25,27). The van der Waals surface area contributed by atoms with Crippen molar-refractivity contribution >= 4 is 5.91 Å². The van der Waals surface area contributed by atoms with Gasteiger partial charge in [0.25, 0.3) is 5.91 Å². The predicted octanol–water partition coefficient (Wildman–Crippen LogP) is 3.55. The molecule has 3 aliphatic rings. The van der Waals surface area contributed by atoms with E-state index in [1.165, 1.54) is 19.4 Å². The molecule has 1 aromatic rings. The number of aliphatic hydroxyl groups is 1. The molecule has 154 valence electrons. The molecule has 4 rings (SSSR count). The van der Waals surface area contributed by atoms with Gasteiger partial charge < -0.3 is 15.3 Å². The molecule has 1 amide bonds. The number of fused-ring (bicyclic) bond motifs is 1. The molecule has 2 N–H and O–H groups in total. The molecule has 1 saturated heterocycles. The highest BCUT2D eigenvalue weighted by atomic mass is 16.3. The monoisotopic (exact) mass is 384 g/mol. The SMILES string of the molecule is CC(C)CCCN1CC2C(C1)C2NC(=O)C(O)(c1ccccc1)C1CCCC1. The Morgan fingerprint density at radius 1 is 1.18 bits per heavy atom. The highest BCUT2D eigenvalue weighted by Crippen LogP contribution is 2.47. The summed E-state index contributed by atoms with van der Waals surface area (Å²) in [5.74, 6) is 1.78. The second kappa shape index (κ2) is 8.16. The molecule has 3 fully saturated rings. The first kappa shape index (κ1) is 19.9. The van der Waals surface area contributed by atoms with Gasteiger partial charge in [-0.15, -0.1) is 0 Å². The van der Waals surface area contributed by atoms with Crippen molar-refractivity contribution in [3.8, 4) is 0 Å². The largest absolute Gasteiger partial charge is 0.375 e. The molecule has 2 aliphatic carbocycles. The number of carbonyl (C=O) groups is 1. The minimum absolute atomic E-state index is 0.0287. The number of piperidine rings is 1. The summed E-state index contributed by atoms with van der Waals surface area (Å²) in [6, 6.07) is 9.85. The van der Waals surface area contributed by atoms with Gasteiger partial charge in [-0.05, 0) is 55.5 Å². The lowest BCUT2D eigenvalue weighted by Crippen LogP contribution is -2.51. The molecule has 4 nitrogen and oxygen atoms in total. The van der Waals surface area contributed by atoms with Crippen LogP contribution in [0.4, 0.5) is 0 Å². The zero-order valence-electron chi connectivity index (χ0n) is 17.4. The molecule has 3 atom stereocenters. The number of carbonyl (C=O) groups excluding carboxylic acids is 1. The first-order chi connectivity index (χ1) is 13.5. The molecule has 1 heterocycles. The zero-order valence-corrected chi connectivity index (χ0v) is 17.4. The molecule has 0 spiro atoms. The first-order valence-corrected chi connectivity index (χ1v) is 11.3. The van der Waals surface area contributed by atoms with Crippen LogP contribution in [0.25, 0.3) is 0 Å². The first-order valence-electron chi connectivity index (χ1n) is 11.3. The van der Waals surface area contributed by atoms with Crippen LogP contribution in [0.1, 0.15) is 57.9 Å². The van der Waals surface area contributed by atoms with E-state index in [2.05, 4.69) is 24.1 Å². The van der Waals surface area contributed by atoms with Crippen LogP contribution in [0.3, 0.4) is 0 Å². The van der Waals surface area contributed by atoms with Crippen molar-refractivity contribution in [2.24, 2.45) is 23.7 Å². The highest BCUT2D eigenvalue weighted by Gasteiger charge is 2.58. The molecule has 1 aromatic carbocycles. The van der Waals surface area contributed by atoms with Gasteiger partial charge in [0.1, 0.15) is 0 Å². The molecule has 0 radical (unpaired) electrons. The van der Waals surface area contributed by atoms with Crippen LogP contribution in [-0.2, 0) is 10.4 Å². The van der Waals surface area contributed by atoms with Crippen molar-refractivity contribution in [2.75, 3.05) is 19.6 Å². The van der Waals surface area contributed by atoms with Gasteiger partial charge in [-0.1, -0.05) is 57.0 Å². The summed E-state index contributed by atoms with van der Waals surface area (Å²) in [6.07, 6.45) is 6.63. The number of likely N-dealkylation sites (tertiary alicyclic amines) is 1. The summed E-state index contributed by atoms with van der Waals surface area (Å²) in [5, 5.41) is 14.8. The van der Waals surface area contributed by atoms with Crippen molar-refractivity contribution in [2.45, 2.75) is 64.0 Å². The summed E-state index contributed by atoms with van der Waals surface area (Å²) >= 11 is 0. The molecule has 2 saturated carbocycles. The summed E-state index contributed by atoms with van der Waals surface area (Å²) < 4.78 is 0. The van der Waals surface area contributed by atoms with Crippen molar-refractivity contribution < 1.29 is 9.90 Å². The number of hydrogen-bond acceptors (Lipinski definition) is 3. The summed E-state index contributed by atoms with van der Waals surface area (Å²) in [7, 11) is 0. The van der Waals surface area contributed by atoms with Crippen molar-refractivity contribution in [3.05, 3.63) is 35.9 Å². The van der Waals surface area contributed by atoms with Gasteiger partial charge in [0.15, 0.2) is 5.60 Å². The molecular formula is C24H36N2O2. The summed E-state index contributed by atoms with van der Waals surface area (Å²) in [5.41, 5.74) is -0.633. The van der Waals surface area contributed by atoms with Crippen molar-refractivity contribution in [3.63, 3.8) is 0 Å². The van der Waals surface area contributed by atoms with Gasteiger partial charge in [0.2, 0.25) is 0 Å². The maximum absolute atomic E-state index is 13.3. The molecule has 0 bridgehead atoms. The van der Waals surface area contributed by atoms with Crippen LogP contribution >= 0.6 is 0 Å². The van der Waals surface area contributed by atoms with Crippen molar-refractivity contribution in [1.82, 2.24) is 10.2 Å². The van der Waals surface area contributed by atoms with Gasteiger partial charge in [-0.25, -0.2) is 0 Å². The molecular weight excluding hydrogens is 348 g/mol. The topological polar surface area (TPSA) is 52.6 Å². The predicted molar refractivity (Wildman–Crippen MR) is 112 cm³/mol. The maximum Gasteiger partial charge on any atom is 0.257 e. The van der Waals surface area contributed by atoms with Crippen LogP contribution in [0.2, 0.25) is 0 Å². The van der Waals surface area contributed by atoms with E-state index < -0.39 is 5.60 Å². The number of nitrogens with zero attached hydrogens (tertiary/aromatic N) is 1. The highest BCUT2D eigenvalue weighted by molar-refractivity contribution is 5.87. The third-order valence-electron chi connectivity index (χ3n) is 7.33. The van der Waals surface area contributed by atoms with E-state index in [9.17, 15) is 9.90 Å². The number of amides is 1. The molecule has 28 heavy (non-hydrogen) atoms. The fourth-order valence-corrected chi connectivity index (χ4v) is 5.58. The third kappa shape index (κ3) is 3.86. The van der Waals surface area contributed by atoms with Crippen LogP contribution < -0.4 is 5.32 Å². The lowest BCUT2D eigenvalue weighted by Gasteiger charge is -2.33. The molecule has 4 heteroatoms. The Morgan fingerprint density at radius 3 is 2.43 bits per heavy atom. The zero-order chi connectivity index (χ0) is 19.7. The van der Waals surface area contributed by atoms with E-state index in [0.29, 0.717) is 11.8 Å². The normalized spacial score (nSPS) is 29.6. The Labute approximate surface area is 169 Å². The Kier molecular flexibility index (Phi) is 5.80. The lowest BCUT2D eigenvalue weighted by atomic mass is 9.79. The van der Waals surface area contributed by atoms with Crippen molar-refractivity contribution in [1.29, 1.82) is 0 Å². The molecule has 0 aromatic heterocycles. The number of hydrogen-bond donors (Lipinski definition) is 2. The summed E-state index contributed by atoms with van der Waals surface area (Å²) in [6.45, 7) is 7.94. The smallest absolute Gasteiger partial charge is 0.257 e. The Hall–Kier alpha value is -1.39. The lowest BCUT2D eigenvalue weighted by molar-refractivity contribution is -0.147. The van der Waals surface area contributed by atoms with Crippen LogP contribution in [0, 0.1) is 23.7 Å². The van der Waals surface area contributed by atoms with E-state index in [0.717, 1.165) is 50.3 Å². The van der Waals surface area contributed by atoms with Gasteiger partial charge in [-0.2, -0.15) is 0 Å².